The lowest BCUT2D eigenvalue weighted by Crippen LogP contribution is -2.30. The number of carbonyl (C=O) groups excluding carboxylic acids is 1. The summed E-state index contributed by atoms with van der Waals surface area (Å²) in [4.78, 5) is 12.1. The number of methoxy groups -OCH3 is 1. The number of nitrogens with one attached hydrogen (secondary N) is 1. The number of benzene rings is 2. The Morgan fingerprint density at radius 3 is 2.88 bits per heavy atom. The number of fused-ring (bicyclic) bond motifs is 3. The minimum Gasteiger partial charge on any atom is -0.465 e. The minimum absolute atomic E-state index is 0.0426. The number of hydrogen-bond acceptors (Lipinski definition) is 3. The second-order valence-electron chi connectivity index (χ2n) is 6.29. The first kappa shape index (κ1) is 14.9. The van der Waals surface area contributed by atoms with Crippen molar-refractivity contribution in [3.8, 4) is 0 Å². The van der Waals surface area contributed by atoms with Crippen LogP contribution in [0.25, 0.3) is 0 Å². The summed E-state index contributed by atoms with van der Waals surface area (Å²) < 4.78 is 18.6. The molecule has 3 atom stereocenters. The van der Waals surface area contributed by atoms with Crippen molar-refractivity contribution in [3.05, 3.63) is 77.1 Å². The number of esters is 1. The summed E-state index contributed by atoms with van der Waals surface area (Å²) in [6.45, 7) is 0. The second kappa shape index (κ2) is 5.78. The topological polar surface area (TPSA) is 38.3 Å². The van der Waals surface area contributed by atoms with E-state index in [9.17, 15) is 9.18 Å². The van der Waals surface area contributed by atoms with Crippen molar-refractivity contribution in [2.45, 2.75) is 18.4 Å². The van der Waals surface area contributed by atoms with Crippen molar-refractivity contribution < 1.29 is 13.9 Å². The number of rotatable bonds is 2. The van der Waals surface area contributed by atoms with Crippen LogP contribution in [0, 0.1) is 11.7 Å². The first-order chi connectivity index (χ1) is 11.7. The van der Waals surface area contributed by atoms with Crippen LogP contribution in [0.5, 0.6) is 0 Å². The van der Waals surface area contributed by atoms with Crippen LogP contribution in [0.2, 0.25) is 0 Å². The lowest BCUT2D eigenvalue weighted by molar-refractivity contribution is 0.0601. The average molecular weight is 323 g/mol. The molecule has 1 aliphatic heterocycles. The Balaban J connectivity index is 1.84. The molecule has 1 N–H and O–H groups in total. The van der Waals surface area contributed by atoms with Crippen molar-refractivity contribution in [2.24, 2.45) is 5.92 Å². The van der Waals surface area contributed by atoms with Crippen molar-refractivity contribution in [1.82, 2.24) is 0 Å². The highest BCUT2D eigenvalue weighted by molar-refractivity contribution is 5.97. The van der Waals surface area contributed by atoms with E-state index in [-0.39, 0.29) is 23.7 Å². The molecule has 1 aliphatic carbocycles. The van der Waals surface area contributed by atoms with E-state index in [2.05, 4.69) is 17.5 Å². The van der Waals surface area contributed by atoms with Gasteiger partial charge in [-0.1, -0.05) is 36.4 Å². The number of halogens is 1. The van der Waals surface area contributed by atoms with E-state index in [4.69, 9.17) is 4.74 Å². The third-order valence-electron chi connectivity index (χ3n) is 5.01. The standard InChI is InChI=1S/C20H18FNO2/c1-24-20(23)17-10-4-9-16-14-7-3-8-15(14)18(22-19(16)17)12-5-2-6-13(21)11-12/h2-7,9-11,14-15,18,22H,8H2,1H3/t14-,15+,18+/m1/s1. The molecule has 4 rings (SSSR count). The Morgan fingerprint density at radius 2 is 2.08 bits per heavy atom. The largest absolute Gasteiger partial charge is 0.465 e. The number of hydrogen-bond donors (Lipinski definition) is 1. The minimum atomic E-state index is -0.363. The van der Waals surface area contributed by atoms with Gasteiger partial charge in [0.25, 0.3) is 0 Å². The summed E-state index contributed by atoms with van der Waals surface area (Å²) >= 11 is 0. The fourth-order valence-electron chi connectivity index (χ4n) is 3.93. The summed E-state index contributed by atoms with van der Waals surface area (Å²) in [7, 11) is 1.38. The molecule has 3 nitrogen and oxygen atoms in total. The van der Waals surface area contributed by atoms with Gasteiger partial charge in [-0.15, -0.1) is 0 Å². The normalized spacial score (nSPS) is 24.0. The number of para-hydroxylation sites is 1. The van der Waals surface area contributed by atoms with Crippen molar-refractivity contribution >= 4 is 11.7 Å². The lowest BCUT2D eigenvalue weighted by atomic mass is 9.76. The Bertz CT molecular complexity index is 830. The molecule has 122 valence electrons. The second-order valence-corrected chi connectivity index (χ2v) is 6.29. The monoisotopic (exact) mass is 323 g/mol. The molecule has 2 aromatic rings. The highest BCUT2D eigenvalue weighted by Gasteiger charge is 2.39. The Morgan fingerprint density at radius 1 is 1.25 bits per heavy atom. The maximum Gasteiger partial charge on any atom is 0.339 e. The molecule has 0 saturated carbocycles. The SMILES string of the molecule is COC(=O)c1cccc2c1N[C@@H](c1cccc(F)c1)[C@H]1CC=C[C@@H]21. The number of anilines is 1. The van der Waals surface area contributed by atoms with Crippen LogP contribution in [-0.2, 0) is 4.74 Å². The zero-order valence-electron chi connectivity index (χ0n) is 13.3. The molecule has 0 saturated heterocycles. The maximum atomic E-state index is 13.7. The third kappa shape index (κ3) is 2.30. The van der Waals surface area contributed by atoms with Crippen LogP contribution in [0.15, 0.2) is 54.6 Å². The summed E-state index contributed by atoms with van der Waals surface area (Å²) in [5, 5.41) is 3.49. The summed E-state index contributed by atoms with van der Waals surface area (Å²) in [5.41, 5.74) is 3.32. The fraction of sp³-hybridized carbons (Fsp3) is 0.250. The van der Waals surface area contributed by atoms with E-state index < -0.39 is 0 Å². The highest BCUT2D eigenvalue weighted by Crippen LogP contribution is 2.50. The van der Waals surface area contributed by atoms with Crippen LogP contribution in [-0.4, -0.2) is 13.1 Å². The van der Waals surface area contributed by atoms with Crippen LogP contribution in [0.1, 0.15) is 39.9 Å². The predicted molar refractivity (Wildman–Crippen MR) is 90.5 cm³/mol. The van der Waals surface area contributed by atoms with Gasteiger partial charge in [-0.05, 0) is 41.7 Å². The molecule has 0 aromatic heterocycles. The first-order valence-corrected chi connectivity index (χ1v) is 8.09. The van der Waals surface area contributed by atoms with Gasteiger partial charge in [0.05, 0.1) is 24.4 Å². The highest BCUT2D eigenvalue weighted by atomic mass is 19.1. The van der Waals surface area contributed by atoms with Crippen LogP contribution in [0.4, 0.5) is 10.1 Å². The molecule has 4 heteroatoms. The molecule has 0 unspecified atom stereocenters. The van der Waals surface area contributed by atoms with E-state index in [1.165, 1.54) is 13.2 Å². The number of ether oxygens (including phenoxy) is 1. The predicted octanol–water partition coefficient (Wildman–Crippen LogP) is 4.44. The Kier molecular flexibility index (Phi) is 3.60. The van der Waals surface area contributed by atoms with E-state index in [0.29, 0.717) is 11.5 Å². The molecule has 24 heavy (non-hydrogen) atoms. The zero-order valence-corrected chi connectivity index (χ0v) is 13.3. The third-order valence-corrected chi connectivity index (χ3v) is 5.01. The molecule has 0 amide bonds. The van der Waals surface area contributed by atoms with Gasteiger partial charge in [-0.25, -0.2) is 9.18 Å². The molecule has 0 bridgehead atoms. The van der Waals surface area contributed by atoms with Gasteiger partial charge >= 0.3 is 5.97 Å². The van der Waals surface area contributed by atoms with Crippen molar-refractivity contribution in [3.63, 3.8) is 0 Å². The van der Waals surface area contributed by atoms with Gasteiger partial charge in [0.1, 0.15) is 5.82 Å². The molecule has 0 radical (unpaired) electrons. The van der Waals surface area contributed by atoms with E-state index in [1.54, 1.807) is 18.2 Å². The first-order valence-electron chi connectivity index (χ1n) is 8.09. The smallest absolute Gasteiger partial charge is 0.339 e. The maximum absolute atomic E-state index is 13.7. The molecule has 0 fully saturated rings. The van der Waals surface area contributed by atoms with Gasteiger partial charge in [-0.2, -0.15) is 0 Å². The summed E-state index contributed by atoms with van der Waals surface area (Å²) in [6.07, 6.45) is 5.29. The lowest BCUT2D eigenvalue weighted by Gasteiger charge is -2.38. The Hall–Kier alpha value is -2.62. The quantitative estimate of drug-likeness (QED) is 0.656. The fourth-order valence-corrected chi connectivity index (χ4v) is 3.93. The van der Waals surface area contributed by atoms with Crippen molar-refractivity contribution in [2.75, 3.05) is 12.4 Å². The van der Waals surface area contributed by atoms with Gasteiger partial charge in [0, 0.05) is 5.92 Å². The van der Waals surface area contributed by atoms with E-state index >= 15 is 0 Å². The van der Waals surface area contributed by atoms with Crippen molar-refractivity contribution in [1.29, 1.82) is 0 Å². The number of allylic oxidation sites excluding steroid dienone is 2. The van der Waals surface area contributed by atoms with E-state index in [1.807, 2.05) is 18.2 Å². The molecule has 1 heterocycles. The van der Waals surface area contributed by atoms with Gasteiger partial charge in [0.15, 0.2) is 0 Å². The zero-order chi connectivity index (χ0) is 16.7. The summed E-state index contributed by atoms with van der Waals surface area (Å²) in [5.74, 6) is -0.0760. The van der Waals surface area contributed by atoms with Gasteiger partial charge < -0.3 is 10.1 Å². The number of carbonyl (C=O) groups is 1. The van der Waals surface area contributed by atoms with Crippen LogP contribution in [0.3, 0.4) is 0 Å². The molecular weight excluding hydrogens is 305 g/mol. The van der Waals surface area contributed by atoms with Crippen LogP contribution >= 0.6 is 0 Å². The van der Waals surface area contributed by atoms with E-state index in [0.717, 1.165) is 23.2 Å². The molecule has 2 aliphatic rings. The average Bonchev–Trinajstić information content (AvgIpc) is 3.09. The summed E-state index contributed by atoms with van der Waals surface area (Å²) in [6, 6.07) is 12.3. The molecule has 2 aromatic carbocycles. The molecular formula is C20H18FNO2. The molecule has 0 spiro atoms. The van der Waals surface area contributed by atoms with Crippen LogP contribution < -0.4 is 5.32 Å². The van der Waals surface area contributed by atoms with Gasteiger partial charge in [-0.3, -0.25) is 0 Å². The Labute approximate surface area is 140 Å². The van der Waals surface area contributed by atoms with Gasteiger partial charge in [0.2, 0.25) is 0 Å².